The molecule has 0 saturated carbocycles. The van der Waals surface area contributed by atoms with Crippen LogP contribution in [0.15, 0.2) is 143 Å². The number of carbonyl (C=O) groups is 12. The number of hydrogen-bond acceptors (Lipinski definition) is 19. The van der Waals surface area contributed by atoms with E-state index >= 15 is 4.39 Å². The molecule has 135 heavy (non-hydrogen) atoms. The van der Waals surface area contributed by atoms with Crippen LogP contribution in [0.2, 0.25) is 0 Å². The predicted molar refractivity (Wildman–Crippen MR) is 488 cm³/mol. The Morgan fingerprint density at radius 2 is 0.822 bits per heavy atom. The summed E-state index contributed by atoms with van der Waals surface area (Å²) in [5.41, 5.74) is 3.77. The number of aromatic carboxylic acids is 1. The van der Waals surface area contributed by atoms with Crippen LogP contribution in [0, 0.1) is 11.6 Å². The maximum absolute atomic E-state index is 15.5. The minimum Gasteiger partial charge on any atom is -0.478 e. The molecule has 6 aliphatic heterocycles. The van der Waals surface area contributed by atoms with Gasteiger partial charge in [0.15, 0.2) is 0 Å². The lowest BCUT2D eigenvalue weighted by atomic mass is 9.97. The minimum absolute atomic E-state index is 0.0424. The number of rotatable bonds is 31. The van der Waals surface area contributed by atoms with Crippen molar-refractivity contribution in [1.82, 2.24) is 45.5 Å². The first-order valence-corrected chi connectivity index (χ1v) is 45.2. The number of nitrogens with zero attached hydrogens (tertiary/aromatic N) is 6. The Labute approximate surface area is 772 Å². The number of anilines is 4. The van der Waals surface area contributed by atoms with Gasteiger partial charge in [0.2, 0.25) is 34.7 Å². The van der Waals surface area contributed by atoms with Gasteiger partial charge in [-0.25, -0.2) is 13.6 Å². The molecule has 14 rings (SSSR count). The van der Waals surface area contributed by atoms with Crippen LogP contribution in [0.1, 0.15) is 248 Å². The summed E-state index contributed by atoms with van der Waals surface area (Å²) in [4.78, 5) is 189. The summed E-state index contributed by atoms with van der Waals surface area (Å²) in [6, 6.07) is 26.1. The number of carbonyl (C=O) groups excluding carboxylic acids is 11. The monoisotopic (exact) mass is 1870 g/mol. The molecule has 6 atom stereocenters. The van der Waals surface area contributed by atoms with Gasteiger partial charge in [0.05, 0.1) is 72.8 Å². The molecule has 37 heteroatoms. The van der Waals surface area contributed by atoms with E-state index in [4.69, 9.17) is 5.73 Å². The zero-order valence-electron chi connectivity index (χ0n) is 75.5. The number of amides is 11. The van der Waals surface area contributed by atoms with Gasteiger partial charge in [0.1, 0.15) is 23.7 Å². The lowest BCUT2D eigenvalue weighted by Crippen LogP contribution is -2.55. The zero-order chi connectivity index (χ0) is 97.6. The highest BCUT2D eigenvalue weighted by Crippen LogP contribution is 2.42. The topological polar surface area (TPSA) is 396 Å². The number of likely N-dealkylation sites (N-methyl/N-ethyl adjacent to an activating group) is 2. The fourth-order valence-corrected chi connectivity index (χ4v) is 17.9. The van der Waals surface area contributed by atoms with E-state index in [1.807, 2.05) is 63.7 Å². The van der Waals surface area contributed by atoms with Crippen LogP contribution >= 0.6 is 0 Å². The van der Waals surface area contributed by atoms with Crippen molar-refractivity contribution in [2.24, 2.45) is 5.73 Å². The van der Waals surface area contributed by atoms with Crippen molar-refractivity contribution in [1.29, 1.82) is 0 Å². The number of fused-ring (bicyclic) bond motifs is 2. The number of carboxylic acids is 1. The number of aromatic nitrogens is 2. The maximum Gasteiger partial charge on any atom is 0.417 e. The summed E-state index contributed by atoms with van der Waals surface area (Å²) in [6.45, 7) is 11.3. The molecule has 6 aromatic carbocycles. The third kappa shape index (κ3) is 24.0. The third-order valence-electron chi connectivity index (χ3n) is 25.6. The van der Waals surface area contributed by atoms with E-state index < -0.39 is 134 Å². The number of benzene rings is 6. The number of carboxylic acid groups (broad SMARTS) is 1. The van der Waals surface area contributed by atoms with Gasteiger partial charge >= 0.3 is 18.3 Å². The Morgan fingerprint density at radius 3 is 1.21 bits per heavy atom. The third-order valence-corrected chi connectivity index (χ3v) is 25.6. The van der Waals surface area contributed by atoms with Crippen LogP contribution in [0.4, 0.5) is 57.9 Å². The Hall–Kier alpha value is -13.4. The molecule has 8 aromatic rings. The zero-order valence-corrected chi connectivity index (χ0v) is 75.5. The van der Waals surface area contributed by atoms with Crippen LogP contribution in [0.25, 0.3) is 22.3 Å². The number of piperidine rings is 2. The van der Waals surface area contributed by atoms with Gasteiger partial charge in [-0.2, -0.15) is 26.3 Å². The van der Waals surface area contributed by atoms with Gasteiger partial charge in [-0.1, -0.05) is 101 Å². The predicted octanol–water partition coefficient (Wildman–Crippen LogP) is 14.1. The average Bonchev–Trinajstić information content (AvgIpc) is 1.62. The van der Waals surface area contributed by atoms with Crippen LogP contribution in [-0.2, 0) is 44.4 Å². The first-order valence-electron chi connectivity index (χ1n) is 45.2. The normalized spacial score (nSPS) is 18.7. The summed E-state index contributed by atoms with van der Waals surface area (Å²) in [7, 11) is 3.97. The SMILES string of the molecule is C[C@@H]1CN(c2ccc(-c3cc(C(=O)NCCCCCCCCCc4cccc5c4C(=O)N(C4CCC(=O)NC4=O)C5=O)ccc3F)cc2NC(=O)c2c[nH]c(=O)cc2C(F)(F)F)C[C@H](C)N1C.C[C@@H]1CN(c2ccc(-c3cc(C(=O)O)ccc3F)cc2NC(=O)c2c[nH]c(=O)cc2C(F)(F)F)C[C@H](C)N1C.NCCCCCCCCCc1cccc2c1C(=O)N(C1CCC(=O)NC1=O)C2=O. The van der Waals surface area contributed by atoms with Gasteiger partial charge in [0, 0.05) is 111 Å². The Balaban J connectivity index is 0.000000203. The first-order chi connectivity index (χ1) is 64.2. The molecular weight excluding hydrogens is 1770 g/mol. The molecule has 0 bridgehead atoms. The number of unbranched alkanes of at least 4 members (excludes halogenated alkanes) is 12. The van der Waals surface area contributed by atoms with Crippen LogP contribution in [0.5, 0.6) is 0 Å². The number of H-pyrrole nitrogens is 2. The highest BCUT2D eigenvalue weighted by atomic mass is 19.4. The van der Waals surface area contributed by atoms with E-state index in [2.05, 4.69) is 46.4 Å². The number of alkyl halides is 6. The van der Waals surface area contributed by atoms with Crippen molar-refractivity contribution in [2.75, 3.05) is 73.8 Å². The highest BCUT2D eigenvalue weighted by molar-refractivity contribution is 6.25. The molecule has 0 radical (unpaired) electrons. The number of aromatic amines is 2. The quantitative estimate of drug-likeness (QED) is 0.0111. The molecule has 11 amide bonds. The number of pyridine rings is 2. The molecule has 716 valence electrons. The van der Waals surface area contributed by atoms with E-state index in [1.54, 1.807) is 48.5 Å². The molecule has 10 N–H and O–H groups in total. The number of aryl methyl sites for hydroxylation is 2. The Morgan fingerprint density at radius 1 is 0.444 bits per heavy atom. The molecule has 2 unspecified atom stereocenters. The van der Waals surface area contributed by atoms with Crippen LogP contribution in [-0.4, -0.2) is 195 Å². The fourth-order valence-electron chi connectivity index (χ4n) is 17.9. The molecule has 8 heterocycles. The maximum atomic E-state index is 15.5. The molecule has 29 nitrogen and oxygen atoms in total. The number of piperazine rings is 2. The largest absolute Gasteiger partial charge is 0.478 e. The van der Waals surface area contributed by atoms with Crippen molar-refractivity contribution in [2.45, 2.75) is 205 Å². The average molecular weight is 1870 g/mol. The van der Waals surface area contributed by atoms with E-state index in [9.17, 15) is 103 Å². The number of hydrogen-bond donors (Lipinski definition) is 9. The molecule has 2 aromatic heterocycles. The Kier molecular flexibility index (Phi) is 32.9. The molecule has 6 aliphatic rings. The van der Waals surface area contributed by atoms with Gasteiger partial charge in [-0.15, -0.1) is 0 Å². The van der Waals surface area contributed by atoms with Crippen LogP contribution < -0.4 is 53.2 Å². The van der Waals surface area contributed by atoms with Crippen molar-refractivity contribution in [3.8, 4) is 22.3 Å². The first kappa shape index (κ1) is 101. The van der Waals surface area contributed by atoms with Crippen molar-refractivity contribution < 1.29 is 97.8 Å². The summed E-state index contributed by atoms with van der Waals surface area (Å²) >= 11 is 0. The van der Waals surface area contributed by atoms with Crippen LogP contribution in [0.3, 0.4) is 0 Å². The standard InChI is InChI=1S/C49H53F4N7O7.C27H26F4N4O4.C22H29N3O4/c1-28-26-59(27-29(2)58(28)3)39-18-16-31(23-38(39)56-45(64)35-25-55-42(62)24-36(35)49(51,52)53)34-22-32(15-17-37(34)50)44(63)54-21-10-8-6-4-5-7-9-12-30-13-11-14-33-43(30)48(67)60(47(33)66)40-19-20-41(61)57-46(40)65;1-14-12-35(13-15(2)34(14)3)23-7-5-16(18-8-17(26(38)39)4-6-21(18)28)9-22(23)33-25(37)19-11-32-24(36)10-20(19)27(29,30)31;23-14-7-5-3-1-2-4-6-9-15-10-8-11-16-19(15)22(29)25(21(16)28)17-12-13-18(26)24-20(17)27/h11,13-18,22-25,28-29,40H,4-10,12,19-21,26-27H2,1-3H3,(H,54,63)(H,55,62)(H,56,64)(H,57,61,65);4-11,14-15H,12-13H2,1-3H3,(H,32,36)(H,33,37)(H,38,39);8,10-11,17H,1-7,9,12-14,23H2,(H,24,26,27)/t28-,29+,40?;14-,15+;. The number of imide groups is 4. The van der Waals surface area contributed by atoms with Crippen molar-refractivity contribution in [3.63, 3.8) is 0 Å². The second kappa shape index (κ2) is 44.2. The van der Waals surface area contributed by atoms with E-state index in [0.29, 0.717) is 98.2 Å². The molecule has 0 aliphatic carbocycles. The smallest absolute Gasteiger partial charge is 0.417 e. The van der Waals surface area contributed by atoms with Gasteiger partial charge in [0.25, 0.3) is 41.4 Å². The van der Waals surface area contributed by atoms with Gasteiger partial charge < -0.3 is 46.6 Å². The minimum atomic E-state index is -4.99. The van der Waals surface area contributed by atoms with E-state index in [-0.39, 0.29) is 106 Å². The molecular formula is C98H108F8N14O15. The summed E-state index contributed by atoms with van der Waals surface area (Å²) < 4.78 is 113. The summed E-state index contributed by atoms with van der Waals surface area (Å²) in [5, 5.41) is 21.8. The second-order valence-corrected chi connectivity index (χ2v) is 34.9. The molecule has 0 spiro atoms. The number of halogens is 8. The fraction of sp³-hybridized carbons (Fsp3) is 0.408. The Bertz CT molecular complexity index is 5980. The molecule has 4 fully saturated rings. The van der Waals surface area contributed by atoms with Crippen molar-refractivity contribution in [3.05, 3.63) is 233 Å². The van der Waals surface area contributed by atoms with Crippen molar-refractivity contribution >= 4 is 93.7 Å². The lowest BCUT2D eigenvalue weighted by Gasteiger charge is -2.44. The number of nitrogens with one attached hydrogen (secondary N) is 7. The molecule has 4 saturated heterocycles. The second-order valence-electron chi connectivity index (χ2n) is 34.9. The number of nitrogens with two attached hydrogens (primary N) is 1. The van der Waals surface area contributed by atoms with E-state index in [0.717, 1.165) is 122 Å². The lowest BCUT2D eigenvalue weighted by molar-refractivity contribution is -0.138. The van der Waals surface area contributed by atoms with E-state index in [1.165, 1.54) is 43.5 Å². The van der Waals surface area contributed by atoms with Gasteiger partial charge in [-0.3, -0.25) is 92.6 Å². The van der Waals surface area contributed by atoms with Gasteiger partial charge in [-0.05, 0) is 195 Å². The highest BCUT2D eigenvalue weighted by Gasteiger charge is 2.48. The summed E-state index contributed by atoms with van der Waals surface area (Å²) in [6.07, 6.45) is 7.10. The summed E-state index contributed by atoms with van der Waals surface area (Å²) in [5.74, 6) is -9.23.